The predicted molar refractivity (Wildman–Crippen MR) is 82.9 cm³/mol. The SMILES string of the molecule is Cn1c(NC(CCCl)C(C)(C)C)nc2ccccc21. The molecule has 19 heavy (non-hydrogen) atoms. The largest absolute Gasteiger partial charge is 0.352 e. The molecule has 4 heteroatoms. The minimum absolute atomic E-state index is 0.146. The molecule has 0 aliphatic heterocycles. The topological polar surface area (TPSA) is 29.9 Å². The van der Waals surface area contributed by atoms with Gasteiger partial charge in [-0.05, 0) is 24.0 Å². The minimum atomic E-state index is 0.146. The zero-order chi connectivity index (χ0) is 14.0. The van der Waals surface area contributed by atoms with Crippen LogP contribution in [0.2, 0.25) is 0 Å². The fraction of sp³-hybridized carbons (Fsp3) is 0.533. The van der Waals surface area contributed by atoms with Crippen molar-refractivity contribution < 1.29 is 0 Å². The van der Waals surface area contributed by atoms with Crippen molar-refractivity contribution in [3.63, 3.8) is 0 Å². The summed E-state index contributed by atoms with van der Waals surface area (Å²) in [7, 11) is 2.04. The molecule has 0 aliphatic carbocycles. The summed E-state index contributed by atoms with van der Waals surface area (Å²) in [4.78, 5) is 4.66. The average molecular weight is 280 g/mol. The Morgan fingerprint density at radius 1 is 1.32 bits per heavy atom. The van der Waals surface area contributed by atoms with E-state index < -0.39 is 0 Å². The fourth-order valence-electron chi connectivity index (χ4n) is 2.26. The van der Waals surface area contributed by atoms with Gasteiger partial charge in [-0.15, -0.1) is 11.6 Å². The van der Waals surface area contributed by atoms with Crippen LogP contribution in [0.4, 0.5) is 5.95 Å². The molecule has 0 radical (unpaired) electrons. The molecule has 2 rings (SSSR count). The third kappa shape index (κ3) is 3.03. The number of nitrogens with zero attached hydrogens (tertiary/aromatic N) is 2. The van der Waals surface area contributed by atoms with Gasteiger partial charge in [-0.3, -0.25) is 0 Å². The van der Waals surface area contributed by atoms with Crippen LogP contribution >= 0.6 is 11.6 Å². The number of aromatic nitrogens is 2. The molecule has 2 aromatic rings. The Kier molecular flexibility index (Phi) is 4.04. The summed E-state index contributed by atoms with van der Waals surface area (Å²) in [6.07, 6.45) is 0.925. The number of fused-ring (bicyclic) bond motifs is 1. The molecule has 1 N–H and O–H groups in total. The van der Waals surface area contributed by atoms with Crippen molar-refractivity contribution in [1.29, 1.82) is 0 Å². The molecule has 1 aromatic heterocycles. The summed E-state index contributed by atoms with van der Waals surface area (Å²) in [6.45, 7) is 6.67. The first kappa shape index (κ1) is 14.2. The van der Waals surface area contributed by atoms with Gasteiger partial charge in [0.15, 0.2) is 0 Å². The molecule has 3 nitrogen and oxygen atoms in total. The Morgan fingerprint density at radius 2 is 2.00 bits per heavy atom. The second-order valence-corrected chi connectivity index (χ2v) is 6.40. The molecule has 0 amide bonds. The minimum Gasteiger partial charge on any atom is -0.352 e. The van der Waals surface area contributed by atoms with Gasteiger partial charge >= 0.3 is 0 Å². The summed E-state index contributed by atoms with van der Waals surface area (Å²) >= 11 is 5.92. The lowest BCUT2D eigenvalue weighted by Crippen LogP contribution is -2.35. The normalized spacial score (nSPS) is 13.7. The van der Waals surface area contributed by atoms with Gasteiger partial charge in [0.05, 0.1) is 11.0 Å². The van der Waals surface area contributed by atoms with Crippen LogP contribution in [0.25, 0.3) is 11.0 Å². The summed E-state index contributed by atoms with van der Waals surface area (Å²) in [5.74, 6) is 1.56. The van der Waals surface area contributed by atoms with Gasteiger partial charge in [0.2, 0.25) is 5.95 Å². The molecule has 0 bridgehead atoms. The number of imidazole rings is 1. The first-order chi connectivity index (χ1) is 8.93. The van der Waals surface area contributed by atoms with Crippen molar-refractivity contribution in [2.75, 3.05) is 11.2 Å². The second kappa shape index (κ2) is 5.41. The first-order valence-corrected chi connectivity index (χ1v) is 7.21. The molecular weight excluding hydrogens is 258 g/mol. The third-order valence-electron chi connectivity index (χ3n) is 3.53. The molecule has 0 saturated heterocycles. The van der Waals surface area contributed by atoms with Crippen LogP contribution < -0.4 is 5.32 Å². The maximum atomic E-state index is 5.92. The number of nitrogens with one attached hydrogen (secondary N) is 1. The Morgan fingerprint density at radius 3 is 2.58 bits per heavy atom. The van der Waals surface area contributed by atoms with E-state index in [1.807, 2.05) is 25.2 Å². The molecular formula is C15H22ClN3. The van der Waals surface area contributed by atoms with Gasteiger partial charge in [0, 0.05) is 19.0 Å². The van der Waals surface area contributed by atoms with E-state index in [0.717, 1.165) is 23.4 Å². The lowest BCUT2D eigenvalue weighted by molar-refractivity contribution is 0.333. The molecule has 1 aromatic carbocycles. The Bertz CT molecular complexity index is 554. The van der Waals surface area contributed by atoms with Crippen LogP contribution in [0.3, 0.4) is 0 Å². The number of halogens is 1. The van der Waals surface area contributed by atoms with E-state index in [1.54, 1.807) is 0 Å². The summed E-state index contributed by atoms with van der Waals surface area (Å²) in [5.41, 5.74) is 2.31. The fourth-order valence-corrected chi connectivity index (χ4v) is 2.48. The van der Waals surface area contributed by atoms with Gasteiger partial charge in [0.1, 0.15) is 0 Å². The van der Waals surface area contributed by atoms with Crippen LogP contribution in [-0.4, -0.2) is 21.5 Å². The van der Waals surface area contributed by atoms with E-state index in [2.05, 4.69) is 41.7 Å². The molecule has 0 saturated carbocycles. The number of rotatable bonds is 4. The molecule has 104 valence electrons. The van der Waals surface area contributed by atoms with Crippen molar-refractivity contribution in [1.82, 2.24) is 9.55 Å². The Hall–Kier alpha value is -1.22. The highest BCUT2D eigenvalue weighted by Gasteiger charge is 2.25. The maximum absolute atomic E-state index is 5.92. The van der Waals surface area contributed by atoms with E-state index in [1.165, 1.54) is 0 Å². The number of aryl methyl sites for hydroxylation is 1. The second-order valence-electron chi connectivity index (χ2n) is 6.02. The average Bonchev–Trinajstić information content (AvgIpc) is 2.65. The lowest BCUT2D eigenvalue weighted by Gasteiger charge is -2.31. The van der Waals surface area contributed by atoms with E-state index in [-0.39, 0.29) is 5.41 Å². The number of hydrogen-bond donors (Lipinski definition) is 1. The monoisotopic (exact) mass is 279 g/mol. The highest BCUT2D eigenvalue weighted by atomic mass is 35.5. The van der Waals surface area contributed by atoms with E-state index in [9.17, 15) is 0 Å². The summed E-state index contributed by atoms with van der Waals surface area (Å²) < 4.78 is 2.10. The third-order valence-corrected chi connectivity index (χ3v) is 3.75. The zero-order valence-electron chi connectivity index (χ0n) is 12.1. The van der Waals surface area contributed by atoms with E-state index in [4.69, 9.17) is 11.6 Å². The van der Waals surface area contributed by atoms with Crippen molar-refractivity contribution in [3.05, 3.63) is 24.3 Å². The highest BCUT2D eigenvalue weighted by Crippen LogP contribution is 2.27. The predicted octanol–water partition coefficient (Wildman–Crippen LogP) is 4.03. The maximum Gasteiger partial charge on any atom is 0.203 e. The first-order valence-electron chi connectivity index (χ1n) is 6.67. The highest BCUT2D eigenvalue weighted by molar-refractivity contribution is 6.17. The van der Waals surface area contributed by atoms with Gasteiger partial charge < -0.3 is 9.88 Å². The number of benzene rings is 1. The number of para-hydroxylation sites is 2. The Balaban J connectivity index is 2.31. The summed E-state index contributed by atoms with van der Waals surface area (Å²) in [5, 5.41) is 3.54. The van der Waals surface area contributed by atoms with E-state index in [0.29, 0.717) is 11.9 Å². The van der Waals surface area contributed by atoms with Gasteiger partial charge in [-0.2, -0.15) is 0 Å². The van der Waals surface area contributed by atoms with Crippen LogP contribution in [-0.2, 0) is 7.05 Å². The van der Waals surface area contributed by atoms with Crippen LogP contribution in [0, 0.1) is 5.41 Å². The molecule has 1 unspecified atom stereocenters. The Labute approximate surface area is 120 Å². The van der Waals surface area contributed by atoms with Gasteiger partial charge in [-0.1, -0.05) is 32.9 Å². The molecule has 1 heterocycles. The van der Waals surface area contributed by atoms with Crippen LogP contribution in [0.5, 0.6) is 0 Å². The standard InChI is InChI=1S/C15H22ClN3/c1-15(2,3)13(9-10-16)18-14-17-11-7-5-6-8-12(11)19(14)4/h5-8,13H,9-10H2,1-4H3,(H,17,18). The van der Waals surface area contributed by atoms with E-state index >= 15 is 0 Å². The van der Waals surface area contributed by atoms with Gasteiger partial charge in [0.25, 0.3) is 0 Å². The quantitative estimate of drug-likeness (QED) is 0.857. The van der Waals surface area contributed by atoms with Crippen molar-refractivity contribution in [3.8, 4) is 0 Å². The summed E-state index contributed by atoms with van der Waals surface area (Å²) in [6, 6.07) is 8.47. The van der Waals surface area contributed by atoms with Crippen molar-refractivity contribution in [2.24, 2.45) is 12.5 Å². The van der Waals surface area contributed by atoms with Crippen molar-refractivity contribution in [2.45, 2.75) is 33.2 Å². The lowest BCUT2D eigenvalue weighted by atomic mass is 9.85. The van der Waals surface area contributed by atoms with Crippen LogP contribution in [0.1, 0.15) is 27.2 Å². The number of hydrogen-bond acceptors (Lipinski definition) is 2. The molecule has 0 fully saturated rings. The van der Waals surface area contributed by atoms with Crippen molar-refractivity contribution >= 4 is 28.6 Å². The van der Waals surface area contributed by atoms with Crippen LogP contribution in [0.15, 0.2) is 24.3 Å². The van der Waals surface area contributed by atoms with Gasteiger partial charge in [-0.25, -0.2) is 4.98 Å². The molecule has 0 aliphatic rings. The number of anilines is 1. The zero-order valence-corrected chi connectivity index (χ0v) is 12.8. The number of alkyl halides is 1. The molecule has 0 spiro atoms. The smallest absolute Gasteiger partial charge is 0.203 e. The molecule has 1 atom stereocenters.